The average molecular weight is 415 g/mol. The summed E-state index contributed by atoms with van der Waals surface area (Å²) in [6.45, 7) is 5.02. The average Bonchev–Trinajstić information content (AvgIpc) is 3.47. The van der Waals surface area contributed by atoms with Gasteiger partial charge in [-0.05, 0) is 49.9 Å². The second kappa shape index (κ2) is 6.26. The van der Waals surface area contributed by atoms with Gasteiger partial charge >= 0.3 is 0 Å². The monoisotopic (exact) mass is 415 g/mol. The zero-order valence-electron chi connectivity index (χ0n) is 17.7. The lowest BCUT2D eigenvalue weighted by molar-refractivity contribution is -0.146. The normalized spacial score (nSPS) is 31.4. The number of fused-ring (bicyclic) bond motifs is 7. The summed E-state index contributed by atoms with van der Waals surface area (Å²) in [5, 5.41) is 3.10. The van der Waals surface area contributed by atoms with Crippen LogP contribution in [0.3, 0.4) is 0 Å². The molecule has 6 heteroatoms. The molecular weight excluding hydrogens is 390 g/mol. The van der Waals surface area contributed by atoms with Gasteiger partial charge in [0.15, 0.2) is 0 Å². The minimum atomic E-state index is -1.09. The molecule has 0 aliphatic carbocycles. The molecule has 4 heterocycles. The number of likely N-dealkylation sites (tertiary alicyclic amines) is 1. The van der Waals surface area contributed by atoms with Crippen LogP contribution in [0.25, 0.3) is 0 Å². The predicted octanol–water partition coefficient (Wildman–Crippen LogP) is 2.73. The quantitative estimate of drug-likeness (QED) is 0.766. The largest absolute Gasteiger partial charge is 0.324 e. The van der Waals surface area contributed by atoms with E-state index < -0.39 is 17.4 Å². The third kappa shape index (κ3) is 2.18. The van der Waals surface area contributed by atoms with Crippen LogP contribution in [0, 0.1) is 25.7 Å². The highest BCUT2D eigenvalue weighted by molar-refractivity contribution is 6.15. The number of benzene rings is 2. The molecule has 6 nitrogen and oxygen atoms in total. The molecular formula is C25H25N3O3. The van der Waals surface area contributed by atoms with Crippen LogP contribution >= 0.6 is 0 Å². The van der Waals surface area contributed by atoms with Crippen molar-refractivity contribution in [1.82, 2.24) is 9.80 Å². The summed E-state index contributed by atoms with van der Waals surface area (Å²) < 4.78 is 0. The fraction of sp³-hybridized carbons (Fsp3) is 0.400. The molecule has 6 rings (SSSR count). The first-order chi connectivity index (χ1) is 15.0. The summed E-state index contributed by atoms with van der Waals surface area (Å²) in [5.41, 5.74) is 3.64. The standard InChI is InChI=1S/C25H25N3O3/c1-14-10-11-17-21(15(14)2)26-24(31)25(17)20-19(18-9-6-12-28(18)25)22(29)27(23(20)30)13-16-7-4-3-5-8-16/h3-5,7-8,10-11,18-20H,6,9,12-13H2,1-2H3,(H,26,31). The molecule has 158 valence electrons. The van der Waals surface area contributed by atoms with Crippen LogP contribution in [0.5, 0.6) is 0 Å². The topological polar surface area (TPSA) is 69.7 Å². The SMILES string of the molecule is Cc1ccc2c(c1C)NC(=O)C21C2C(=O)N(Cc3ccccc3)C(=O)C2C2CCCN21. The Hall–Kier alpha value is -2.99. The Kier molecular flexibility index (Phi) is 3.79. The number of hydrogen-bond acceptors (Lipinski definition) is 4. The Morgan fingerprint density at radius 2 is 1.81 bits per heavy atom. The smallest absolute Gasteiger partial charge is 0.250 e. The lowest BCUT2D eigenvalue weighted by Gasteiger charge is -2.36. The van der Waals surface area contributed by atoms with Crippen molar-refractivity contribution in [2.75, 3.05) is 11.9 Å². The molecule has 4 unspecified atom stereocenters. The summed E-state index contributed by atoms with van der Waals surface area (Å²) in [7, 11) is 0. The van der Waals surface area contributed by atoms with Gasteiger partial charge in [-0.2, -0.15) is 0 Å². The number of hydrogen-bond donors (Lipinski definition) is 1. The number of amides is 3. The first-order valence-electron chi connectivity index (χ1n) is 11.0. The van der Waals surface area contributed by atoms with Crippen LogP contribution in [0.15, 0.2) is 42.5 Å². The van der Waals surface area contributed by atoms with Gasteiger partial charge in [0.2, 0.25) is 17.7 Å². The molecule has 4 atom stereocenters. The molecule has 1 spiro atoms. The van der Waals surface area contributed by atoms with Gasteiger partial charge in [-0.3, -0.25) is 24.2 Å². The Morgan fingerprint density at radius 1 is 1.03 bits per heavy atom. The van der Waals surface area contributed by atoms with E-state index >= 15 is 0 Å². The molecule has 31 heavy (non-hydrogen) atoms. The van der Waals surface area contributed by atoms with Crippen LogP contribution in [0.4, 0.5) is 5.69 Å². The fourth-order valence-electron chi connectivity index (χ4n) is 6.50. The van der Waals surface area contributed by atoms with Crippen molar-refractivity contribution in [3.05, 3.63) is 64.7 Å². The van der Waals surface area contributed by atoms with Gasteiger partial charge in [0.1, 0.15) is 5.54 Å². The van der Waals surface area contributed by atoms with Crippen LogP contribution in [-0.2, 0) is 26.5 Å². The second-order valence-electron chi connectivity index (χ2n) is 9.31. The van der Waals surface area contributed by atoms with Crippen molar-refractivity contribution < 1.29 is 14.4 Å². The van der Waals surface area contributed by atoms with Gasteiger partial charge in [-0.25, -0.2) is 0 Å². The van der Waals surface area contributed by atoms with E-state index in [1.165, 1.54) is 4.90 Å². The minimum Gasteiger partial charge on any atom is -0.324 e. The van der Waals surface area contributed by atoms with E-state index in [9.17, 15) is 14.4 Å². The number of imide groups is 1. The van der Waals surface area contributed by atoms with Crippen molar-refractivity contribution in [1.29, 1.82) is 0 Å². The highest BCUT2D eigenvalue weighted by Crippen LogP contribution is 2.60. The summed E-state index contributed by atoms with van der Waals surface area (Å²) in [6.07, 6.45) is 1.78. The Labute approximate surface area is 181 Å². The number of anilines is 1. The molecule has 1 N–H and O–H groups in total. The van der Waals surface area contributed by atoms with E-state index in [0.29, 0.717) is 0 Å². The molecule has 2 aromatic rings. The van der Waals surface area contributed by atoms with Crippen LogP contribution in [0.1, 0.15) is 35.1 Å². The molecule has 4 aliphatic rings. The van der Waals surface area contributed by atoms with Crippen LogP contribution < -0.4 is 5.32 Å². The van der Waals surface area contributed by atoms with Gasteiger partial charge in [0.25, 0.3) is 0 Å². The van der Waals surface area contributed by atoms with Crippen molar-refractivity contribution >= 4 is 23.4 Å². The molecule has 0 bridgehead atoms. The minimum absolute atomic E-state index is 0.0690. The Morgan fingerprint density at radius 3 is 2.58 bits per heavy atom. The van der Waals surface area contributed by atoms with E-state index in [-0.39, 0.29) is 30.3 Å². The molecule has 4 aliphatic heterocycles. The molecule has 0 saturated carbocycles. The van der Waals surface area contributed by atoms with Crippen molar-refractivity contribution in [3.63, 3.8) is 0 Å². The van der Waals surface area contributed by atoms with E-state index in [2.05, 4.69) is 10.2 Å². The van der Waals surface area contributed by atoms with E-state index in [0.717, 1.165) is 47.3 Å². The molecule has 0 aromatic heterocycles. The first kappa shape index (κ1) is 18.8. The maximum atomic E-state index is 13.8. The lowest BCUT2D eigenvalue weighted by Crippen LogP contribution is -2.54. The number of carbonyl (C=O) groups excluding carboxylic acids is 3. The molecule has 2 aromatic carbocycles. The highest BCUT2D eigenvalue weighted by Gasteiger charge is 2.74. The lowest BCUT2D eigenvalue weighted by atomic mass is 9.75. The zero-order valence-corrected chi connectivity index (χ0v) is 17.7. The van der Waals surface area contributed by atoms with Crippen LogP contribution in [0.2, 0.25) is 0 Å². The maximum Gasteiger partial charge on any atom is 0.250 e. The van der Waals surface area contributed by atoms with Crippen molar-refractivity contribution in [2.24, 2.45) is 11.8 Å². The molecule has 3 amide bonds. The number of carbonyl (C=O) groups is 3. The number of rotatable bonds is 2. The van der Waals surface area contributed by atoms with Gasteiger partial charge in [-0.1, -0.05) is 42.5 Å². The summed E-state index contributed by atoms with van der Waals surface area (Å²) in [5.74, 6) is -1.63. The fourth-order valence-corrected chi connectivity index (χ4v) is 6.50. The van der Waals surface area contributed by atoms with Gasteiger partial charge < -0.3 is 5.32 Å². The third-order valence-corrected chi connectivity index (χ3v) is 7.97. The van der Waals surface area contributed by atoms with E-state index in [1.54, 1.807) is 0 Å². The summed E-state index contributed by atoms with van der Waals surface area (Å²) in [6, 6.07) is 13.5. The molecule has 3 fully saturated rings. The summed E-state index contributed by atoms with van der Waals surface area (Å²) in [4.78, 5) is 44.6. The molecule has 3 saturated heterocycles. The van der Waals surface area contributed by atoms with E-state index in [1.807, 2.05) is 56.3 Å². The number of aryl methyl sites for hydroxylation is 1. The Balaban J connectivity index is 1.51. The predicted molar refractivity (Wildman–Crippen MR) is 115 cm³/mol. The number of nitrogens with one attached hydrogen (secondary N) is 1. The van der Waals surface area contributed by atoms with Gasteiger partial charge in [0, 0.05) is 17.3 Å². The van der Waals surface area contributed by atoms with Gasteiger partial charge in [0.05, 0.1) is 18.4 Å². The zero-order chi connectivity index (χ0) is 21.5. The third-order valence-electron chi connectivity index (χ3n) is 7.97. The van der Waals surface area contributed by atoms with Crippen molar-refractivity contribution in [2.45, 2.75) is 44.8 Å². The summed E-state index contributed by atoms with van der Waals surface area (Å²) >= 11 is 0. The Bertz CT molecular complexity index is 1140. The highest BCUT2D eigenvalue weighted by atomic mass is 16.2. The van der Waals surface area contributed by atoms with Crippen LogP contribution in [-0.4, -0.2) is 40.1 Å². The maximum absolute atomic E-state index is 13.8. The van der Waals surface area contributed by atoms with E-state index in [4.69, 9.17) is 0 Å². The van der Waals surface area contributed by atoms with Crippen molar-refractivity contribution in [3.8, 4) is 0 Å². The first-order valence-corrected chi connectivity index (χ1v) is 11.0. The van der Waals surface area contributed by atoms with Gasteiger partial charge in [-0.15, -0.1) is 0 Å². The second-order valence-corrected chi connectivity index (χ2v) is 9.31. The molecule has 0 radical (unpaired) electrons. The number of nitrogens with zero attached hydrogens (tertiary/aromatic N) is 2.